The minimum absolute atomic E-state index is 0. The van der Waals surface area contributed by atoms with Gasteiger partial charge in [0.1, 0.15) is 4.90 Å². The van der Waals surface area contributed by atoms with Crippen LogP contribution in [0, 0.1) is 10.1 Å². The van der Waals surface area contributed by atoms with Crippen LogP contribution in [0.5, 0.6) is 0 Å². The van der Waals surface area contributed by atoms with E-state index in [4.69, 9.17) is 4.55 Å². The van der Waals surface area contributed by atoms with Crippen LogP contribution in [0.25, 0.3) is 0 Å². The molecule has 1 aromatic rings. The number of hydrogen-bond acceptors (Lipinski definition) is 5. The van der Waals surface area contributed by atoms with Gasteiger partial charge in [0, 0.05) is 77.6 Å². The predicted octanol–water partition coefficient (Wildman–Crippen LogP) is 0.162. The first-order valence-electron chi connectivity index (χ1n) is 4.62. The van der Waals surface area contributed by atoms with Gasteiger partial charge in [-0.05, 0) is 6.07 Å². The van der Waals surface area contributed by atoms with Crippen LogP contribution in [0.2, 0.25) is 0 Å². The first-order valence-corrected chi connectivity index (χ1v) is 6.06. The second kappa shape index (κ2) is 6.88. The van der Waals surface area contributed by atoms with E-state index in [-0.39, 0.29) is 56.9 Å². The van der Waals surface area contributed by atoms with Gasteiger partial charge in [0.15, 0.2) is 0 Å². The third-order valence-electron chi connectivity index (χ3n) is 2.09. The molecule has 10 heteroatoms. The van der Waals surface area contributed by atoms with E-state index in [0.29, 0.717) is 6.07 Å². The van der Waals surface area contributed by atoms with E-state index in [1.807, 2.05) is 0 Å². The smallest absolute Gasteiger partial charge is 0.295 e. The molecule has 0 saturated heterocycles. The van der Waals surface area contributed by atoms with E-state index in [9.17, 15) is 23.3 Å². The maximum absolute atomic E-state index is 11.7. The molecule has 1 rings (SSSR count). The number of nitrogens with zero attached hydrogens (tertiary/aromatic N) is 2. The average molecular weight is 313 g/mol. The number of benzene rings is 1. The van der Waals surface area contributed by atoms with Crippen molar-refractivity contribution in [2.75, 3.05) is 14.1 Å². The quantitative estimate of drug-likeness (QED) is 0.367. The Labute approximate surface area is 152 Å². The first kappa shape index (κ1) is 18.6. The summed E-state index contributed by atoms with van der Waals surface area (Å²) in [6, 6.07) is 2.63. The van der Waals surface area contributed by atoms with E-state index in [1.54, 1.807) is 0 Å². The van der Waals surface area contributed by atoms with Crippen molar-refractivity contribution in [1.82, 2.24) is 4.90 Å². The normalized spacial score (nSPS) is 10.5. The molecule has 19 heavy (non-hydrogen) atoms. The largest absolute Gasteiger partial charge is 0.345 e. The van der Waals surface area contributed by atoms with Crippen LogP contribution in [0.4, 0.5) is 5.69 Å². The summed E-state index contributed by atoms with van der Waals surface area (Å²) in [5.41, 5.74) is -0.856. The number of nitro groups is 1. The van der Waals surface area contributed by atoms with Crippen LogP contribution in [-0.2, 0) is 10.1 Å². The minimum Gasteiger partial charge on any atom is -0.345 e. The molecule has 0 aliphatic rings. The van der Waals surface area contributed by atoms with Gasteiger partial charge in [-0.15, -0.1) is 0 Å². The predicted molar refractivity (Wildman–Crippen MR) is 66.7 cm³/mol. The topological polar surface area (TPSA) is 118 Å². The van der Waals surface area contributed by atoms with Crippen molar-refractivity contribution in [3.63, 3.8) is 0 Å². The van der Waals surface area contributed by atoms with Gasteiger partial charge in [0.2, 0.25) is 0 Å². The van der Waals surface area contributed by atoms with E-state index >= 15 is 0 Å². The van der Waals surface area contributed by atoms with E-state index in [1.165, 1.54) is 14.1 Å². The molecular formula is C9H10KN2O6S. The Morgan fingerprint density at radius 1 is 1.37 bits per heavy atom. The molecule has 0 aliphatic carbocycles. The summed E-state index contributed by atoms with van der Waals surface area (Å²) in [4.78, 5) is 21.7. The molecule has 0 aromatic heterocycles. The zero-order chi connectivity index (χ0) is 14.1. The summed E-state index contributed by atoms with van der Waals surface area (Å²) in [5, 5.41) is 10.5. The second-order valence-electron chi connectivity index (χ2n) is 3.61. The van der Waals surface area contributed by atoms with Crippen molar-refractivity contribution >= 4 is 73.1 Å². The molecule has 0 unspecified atom stereocenters. The number of rotatable bonds is 3. The first-order chi connectivity index (χ1) is 8.14. The Kier molecular flexibility index (Phi) is 6.75. The number of nitro benzene ring substituents is 1. The van der Waals surface area contributed by atoms with E-state index < -0.39 is 31.5 Å². The maximum atomic E-state index is 11.7. The van der Waals surface area contributed by atoms with Gasteiger partial charge in [0.25, 0.3) is 21.7 Å². The molecule has 0 saturated carbocycles. The zero-order valence-electron chi connectivity index (χ0n) is 10.5. The van der Waals surface area contributed by atoms with Crippen LogP contribution in [-0.4, -0.2) is 94.2 Å². The zero-order valence-corrected chi connectivity index (χ0v) is 14.5. The van der Waals surface area contributed by atoms with Crippen molar-refractivity contribution in [3.8, 4) is 0 Å². The third-order valence-corrected chi connectivity index (χ3v) is 2.98. The summed E-state index contributed by atoms with van der Waals surface area (Å²) in [6.07, 6.45) is 0. The Morgan fingerprint density at radius 2 is 1.89 bits per heavy atom. The van der Waals surface area contributed by atoms with Gasteiger partial charge in [-0.3, -0.25) is 19.5 Å². The molecule has 1 N–H and O–H groups in total. The fourth-order valence-corrected chi connectivity index (χ4v) is 1.96. The molecule has 1 radical (unpaired) electrons. The van der Waals surface area contributed by atoms with Crippen molar-refractivity contribution in [1.29, 1.82) is 0 Å². The fraction of sp³-hybridized carbons (Fsp3) is 0.222. The minimum atomic E-state index is -4.72. The van der Waals surface area contributed by atoms with Crippen LogP contribution < -0.4 is 0 Å². The Balaban J connectivity index is 0.00000324. The molecular weight excluding hydrogens is 303 g/mol. The summed E-state index contributed by atoms with van der Waals surface area (Å²) in [7, 11) is -1.95. The van der Waals surface area contributed by atoms with Gasteiger partial charge in [-0.25, -0.2) is 0 Å². The Morgan fingerprint density at radius 3 is 2.26 bits per heavy atom. The van der Waals surface area contributed by atoms with Gasteiger partial charge in [-0.2, -0.15) is 8.42 Å². The monoisotopic (exact) mass is 313 g/mol. The standard InChI is InChI=1S/C9H10N2O6S.K/c1-10(2)9(12)7-4-3-6(11(13)14)5-8(7)18(15,16)17;/h3-5H,1-2H3,(H,15,16,17);. The summed E-state index contributed by atoms with van der Waals surface area (Å²) >= 11 is 0. The molecule has 0 aliphatic heterocycles. The van der Waals surface area contributed by atoms with Crippen molar-refractivity contribution in [2.24, 2.45) is 0 Å². The molecule has 99 valence electrons. The fourth-order valence-electron chi connectivity index (χ4n) is 1.26. The molecule has 1 amide bonds. The average Bonchev–Trinajstić information content (AvgIpc) is 2.25. The summed E-state index contributed by atoms with van der Waals surface area (Å²) < 4.78 is 31.2. The van der Waals surface area contributed by atoms with Crippen LogP contribution in [0.1, 0.15) is 10.4 Å². The molecule has 1 aromatic carbocycles. The summed E-state index contributed by atoms with van der Waals surface area (Å²) in [6.45, 7) is 0. The van der Waals surface area contributed by atoms with Crippen molar-refractivity contribution in [3.05, 3.63) is 33.9 Å². The van der Waals surface area contributed by atoms with Gasteiger partial charge < -0.3 is 4.90 Å². The molecule has 0 heterocycles. The van der Waals surface area contributed by atoms with Gasteiger partial charge in [0.05, 0.1) is 10.5 Å². The number of amides is 1. The summed E-state index contributed by atoms with van der Waals surface area (Å²) in [5.74, 6) is -0.683. The Hall–Kier alpha value is -0.364. The van der Waals surface area contributed by atoms with Gasteiger partial charge in [-0.1, -0.05) is 0 Å². The van der Waals surface area contributed by atoms with E-state index in [0.717, 1.165) is 17.0 Å². The molecule has 8 nitrogen and oxygen atoms in total. The SMILES string of the molecule is CN(C)C(=O)c1ccc([N+](=O)[O-])cc1S(=O)(=O)O.[K]. The molecule has 0 spiro atoms. The van der Waals surface area contributed by atoms with Crippen LogP contribution in [0.3, 0.4) is 0 Å². The number of non-ortho nitro benzene ring substituents is 1. The number of carbonyl (C=O) groups excluding carboxylic acids is 1. The number of hydrogen-bond donors (Lipinski definition) is 1. The molecule has 0 fully saturated rings. The van der Waals surface area contributed by atoms with Crippen LogP contribution >= 0.6 is 0 Å². The third kappa shape index (κ3) is 4.59. The molecule has 0 bridgehead atoms. The van der Waals surface area contributed by atoms with Gasteiger partial charge >= 0.3 is 0 Å². The van der Waals surface area contributed by atoms with Crippen molar-refractivity contribution < 1.29 is 22.7 Å². The van der Waals surface area contributed by atoms with Crippen LogP contribution in [0.15, 0.2) is 23.1 Å². The second-order valence-corrected chi connectivity index (χ2v) is 5.00. The number of carbonyl (C=O) groups is 1. The van der Waals surface area contributed by atoms with Crippen molar-refractivity contribution in [2.45, 2.75) is 4.90 Å². The molecule has 0 atom stereocenters. The Bertz CT molecular complexity index is 613. The maximum Gasteiger partial charge on any atom is 0.295 e. The van der Waals surface area contributed by atoms with E-state index in [2.05, 4.69) is 0 Å².